The third-order valence-electron chi connectivity index (χ3n) is 3.05. The highest BCUT2D eigenvalue weighted by Crippen LogP contribution is 2.18. The van der Waals surface area contributed by atoms with E-state index in [2.05, 4.69) is 5.16 Å². The molecule has 0 heterocycles. The number of carbonyl (C=O) groups excluding carboxylic acids is 1. The second-order valence-electron chi connectivity index (χ2n) is 4.91. The number of hydrogen-bond donors (Lipinski definition) is 1. The van der Waals surface area contributed by atoms with Crippen molar-refractivity contribution in [2.24, 2.45) is 10.9 Å². The van der Waals surface area contributed by atoms with Crippen molar-refractivity contribution in [2.45, 2.75) is 13.0 Å². The number of nitrogens with two attached hydrogens (primary N) is 1. The molecule has 0 fully saturated rings. The standard InChI is InChI=1S/C16H14ClN3O5/c1-10(24-14-4-2-3-12(17)9-14)16(21)25-19-15(18)11-5-7-13(8-6-11)20(22)23/h2-10H,1H3,(H2,18,19)/t10-/m1/s1. The van der Waals surface area contributed by atoms with E-state index in [0.29, 0.717) is 16.3 Å². The first-order chi connectivity index (χ1) is 11.9. The van der Waals surface area contributed by atoms with Crippen molar-refractivity contribution in [1.82, 2.24) is 0 Å². The van der Waals surface area contributed by atoms with Crippen LogP contribution in [0.25, 0.3) is 0 Å². The number of ether oxygens (including phenoxy) is 1. The maximum absolute atomic E-state index is 11.9. The number of nitro groups is 1. The van der Waals surface area contributed by atoms with Crippen molar-refractivity contribution in [2.75, 3.05) is 0 Å². The number of hydrogen-bond acceptors (Lipinski definition) is 6. The highest BCUT2D eigenvalue weighted by atomic mass is 35.5. The molecule has 0 aromatic heterocycles. The van der Waals surface area contributed by atoms with Crippen LogP contribution in [-0.2, 0) is 9.63 Å². The third kappa shape index (κ3) is 5.18. The van der Waals surface area contributed by atoms with Gasteiger partial charge in [-0.05, 0) is 37.3 Å². The second kappa shape index (κ2) is 8.11. The molecule has 0 radical (unpaired) electrons. The van der Waals surface area contributed by atoms with Gasteiger partial charge in [0.2, 0.25) is 0 Å². The summed E-state index contributed by atoms with van der Waals surface area (Å²) in [7, 11) is 0. The van der Waals surface area contributed by atoms with Crippen molar-refractivity contribution in [3.8, 4) is 5.75 Å². The molecule has 0 amide bonds. The Balaban J connectivity index is 1.97. The highest BCUT2D eigenvalue weighted by Gasteiger charge is 2.17. The smallest absolute Gasteiger partial charge is 0.374 e. The SMILES string of the molecule is C[C@@H](Oc1cccc(Cl)c1)C(=O)O/N=C(/N)c1ccc([N+](=O)[O-])cc1. The quantitative estimate of drug-likeness (QED) is 0.277. The number of halogens is 1. The van der Waals surface area contributed by atoms with Crippen LogP contribution in [0, 0.1) is 10.1 Å². The van der Waals surface area contributed by atoms with E-state index in [-0.39, 0.29) is 11.5 Å². The molecular formula is C16H14ClN3O5. The molecule has 130 valence electrons. The second-order valence-corrected chi connectivity index (χ2v) is 5.34. The van der Waals surface area contributed by atoms with Crippen molar-refractivity contribution in [1.29, 1.82) is 0 Å². The first-order valence-electron chi connectivity index (χ1n) is 7.08. The molecule has 8 nitrogen and oxygen atoms in total. The fourth-order valence-electron chi connectivity index (χ4n) is 1.77. The lowest BCUT2D eigenvalue weighted by Gasteiger charge is -2.12. The lowest BCUT2D eigenvalue weighted by atomic mass is 10.2. The van der Waals surface area contributed by atoms with Gasteiger partial charge in [0.15, 0.2) is 11.9 Å². The molecule has 2 rings (SSSR count). The molecular weight excluding hydrogens is 350 g/mol. The van der Waals surface area contributed by atoms with E-state index in [1.54, 1.807) is 24.3 Å². The van der Waals surface area contributed by atoms with Crippen molar-refractivity contribution >= 4 is 29.1 Å². The number of non-ortho nitro benzene ring substituents is 1. The Morgan fingerprint density at radius 2 is 1.96 bits per heavy atom. The Morgan fingerprint density at radius 1 is 1.28 bits per heavy atom. The number of carbonyl (C=O) groups is 1. The molecule has 2 aromatic rings. The van der Waals surface area contributed by atoms with Gasteiger partial charge in [0.05, 0.1) is 4.92 Å². The van der Waals surface area contributed by atoms with Gasteiger partial charge in [-0.3, -0.25) is 10.1 Å². The number of nitrogens with zero attached hydrogens (tertiary/aromatic N) is 2. The lowest BCUT2D eigenvalue weighted by molar-refractivity contribution is -0.384. The van der Waals surface area contributed by atoms with E-state index in [1.165, 1.54) is 31.2 Å². The van der Waals surface area contributed by atoms with Crippen LogP contribution in [0.1, 0.15) is 12.5 Å². The molecule has 2 N–H and O–H groups in total. The summed E-state index contributed by atoms with van der Waals surface area (Å²) in [5.74, 6) is -0.452. The average Bonchev–Trinajstić information content (AvgIpc) is 2.59. The van der Waals surface area contributed by atoms with Crippen molar-refractivity contribution in [3.05, 3.63) is 69.2 Å². The summed E-state index contributed by atoms with van der Waals surface area (Å²) in [5, 5.41) is 14.6. The molecule has 0 saturated carbocycles. The van der Waals surface area contributed by atoms with Gasteiger partial charge in [0.1, 0.15) is 5.75 Å². The van der Waals surface area contributed by atoms with Crippen molar-refractivity contribution < 1.29 is 19.3 Å². The maximum Gasteiger partial charge on any atom is 0.374 e. The summed E-state index contributed by atoms with van der Waals surface area (Å²) in [6.07, 6.45) is -0.938. The summed E-state index contributed by atoms with van der Waals surface area (Å²) >= 11 is 5.83. The Bertz CT molecular complexity index is 808. The first-order valence-corrected chi connectivity index (χ1v) is 7.46. The summed E-state index contributed by atoms with van der Waals surface area (Å²) in [6.45, 7) is 1.49. The van der Waals surface area contributed by atoms with Gasteiger partial charge in [-0.15, -0.1) is 0 Å². The molecule has 25 heavy (non-hydrogen) atoms. The third-order valence-corrected chi connectivity index (χ3v) is 3.28. The minimum absolute atomic E-state index is 0.0860. The Hall–Kier alpha value is -3.13. The summed E-state index contributed by atoms with van der Waals surface area (Å²) in [4.78, 5) is 26.7. The van der Waals surface area contributed by atoms with Gasteiger partial charge in [-0.1, -0.05) is 22.8 Å². The van der Waals surface area contributed by atoms with Crippen molar-refractivity contribution in [3.63, 3.8) is 0 Å². The average molecular weight is 364 g/mol. The van der Waals surface area contributed by atoms with E-state index < -0.39 is 17.0 Å². The molecule has 0 unspecified atom stereocenters. The van der Waals surface area contributed by atoms with Crippen LogP contribution < -0.4 is 10.5 Å². The molecule has 2 aromatic carbocycles. The van der Waals surface area contributed by atoms with E-state index in [1.807, 2.05) is 0 Å². The zero-order valence-corrected chi connectivity index (χ0v) is 13.8. The summed E-state index contributed by atoms with van der Waals surface area (Å²) < 4.78 is 5.39. The fourth-order valence-corrected chi connectivity index (χ4v) is 1.95. The van der Waals surface area contributed by atoms with E-state index >= 15 is 0 Å². The molecule has 0 saturated heterocycles. The van der Waals surface area contributed by atoms with Gasteiger partial charge >= 0.3 is 5.97 Å². The largest absolute Gasteiger partial charge is 0.479 e. The van der Waals surface area contributed by atoms with Crippen LogP contribution in [0.15, 0.2) is 53.7 Å². The van der Waals surface area contributed by atoms with Crippen LogP contribution in [0.4, 0.5) is 5.69 Å². The minimum Gasteiger partial charge on any atom is -0.479 e. The minimum atomic E-state index is -0.938. The predicted octanol–water partition coefficient (Wildman–Crippen LogP) is 2.88. The van der Waals surface area contributed by atoms with Crippen LogP contribution in [0.2, 0.25) is 5.02 Å². The first kappa shape index (κ1) is 18.2. The summed E-state index contributed by atoms with van der Waals surface area (Å²) in [5.41, 5.74) is 5.98. The number of amidine groups is 1. The molecule has 0 aliphatic carbocycles. The van der Waals surface area contributed by atoms with Crippen LogP contribution in [0.3, 0.4) is 0 Å². The zero-order chi connectivity index (χ0) is 18.4. The maximum atomic E-state index is 11.9. The number of oxime groups is 1. The van der Waals surface area contributed by atoms with Gasteiger partial charge in [0, 0.05) is 22.7 Å². The van der Waals surface area contributed by atoms with E-state index in [4.69, 9.17) is 26.9 Å². The molecule has 0 aliphatic heterocycles. The summed E-state index contributed by atoms with van der Waals surface area (Å²) in [6, 6.07) is 11.9. The monoisotopic (exact) mass is 363 g/mol. The van der Waals surface area contributed by atoms with Crippen LogP contribution in [0.5, 0.6) is 5.75 Å². The highest BCUT2D eigenvalue weighted by molar-refractivity contribution is 6.30. The van der Waals surface area contributed by atoms with Gasteiger partial charge < -0.3 is 15.3 Å². The topological polar surface area (TPSA) is 117 Å². The molecule has 0 aliphatic rings. The van der Waals surface area contributed by atoms with Gasteiger partial charge in [0.25, 0.3) is 5.69 Å². The zero-order valence-electron chi connectivity index (χ0n) is 13.1. The fraction of sp³-hybridized carbons (Fsp3) is 0.125. The van der Waals surface area contributed by atoms with Gasteiger partial charge in [-0.2, -0.15) is 0 Å². The molecule has 0 bridgehead atoms. The predicted molar refractivity (Wildman–Crippen MR) is 91.5 cm³/mol. The van der Waals surface area contributed by atoms with Crippen LogP contribution in [-0.4, -0.2) is 22.8 Å². The number of rotatable bonds is 6. The normalized spacial score (nSPS) is 12.3. The number of nitro benzene ring substituents is 1. The van der Waals surface area contributed by atoms with Crippen LogP contribution >= 0.6 is 11.6 Å². The van der Waals surface area contributed by atoms with E-state index in [9.17, 15) is 14.9 Å². The van der Waals surface area contributed by atoms with E-state index in [0.717, 1.165) is 0 Å². The number of benzene rings is 2. The molecule has 0 spiro atoms. The van der Waals surface area contributed by atoms with Gasteiger partial charge in [-0.25, -0.2) is 4.79 Å². The lowest BCUT2D eigenvalue weighted by Crippen LogP contribution is -2.26. The molecule has 1 atom stereocenters. The Kier molecular flexibility index (Phi) is 5.91. The Morgan fingerprint density at radius 3 is 2.56 bits per heavy atom. The Labute approximate surface area is 147 Å². The molecule has 9 heteroatoms.